The molecule has 32 heavy (non-hydrogen) atoms. The first kappa shape index (κ1) is 21.7. The third kappa shape index (κ3) is 5.20. The molecule has 0 saturated carbocycles. The number of nitrogens with one attached hydrogen (secondary N) is 1. The van der Waals surface area contributed by atoms with Crippen molar-refractivity contribution in [1.82, 2.24) is 14.8 Å². The fourth-order valence-corrected chi connectivity index (χ4v) is 4.00. The van der Waals surface area contributed by atoms with Crippen LogP contribution < -0.4 is 10.2 Å². The number of aromatic nitrogens is 3. The van der Waals surface area contributed by atoms with Crippen molar-refractivity contribution >= 4 is 29.0 Å². The number of carbonyl (C=O) groups excluding carboxylic acids is 1. The minimum atomic E-state index is -0.0998. The van der Waals surface area contributed by atoms with Gasteiger partial charge in [-0.05, 0) is 49.4 Å². The molecule has 0 radical (unpaired) electrons. The monoisotopic (exact) mass is 447 g/mol. The number of furan rings is 1. The molecule has 0 atom stereocenters. The van der Waals surface area contributed by atoms with Gasteiger partial charge in [0.1, 0.15) is 5.76 Å². The van der Waals surface area contributed by atoms with Gasteiger partial charge >= 0.3 is 0 Å². The van der Waals surface area contributed by atoms with Gasteiger partial charge in [-0.3, -0.25) is 9.36 Å². The molecule has 0 aliphatic carbocycles. The van der Waals surface area contributed by atoms with Gasteiger partial charge in [0.25, 0.3) is 0 Å². The number of carbonyl (C=O) groups is 1. The summed E-state index contributed by atoms with van der Waals surface area (Å²) in [5.74, 6) is 1.66. The van der Waals surface area contributed by atoms with Crippen molar-refractivity contribution in [3.05, 3.63) is 78.3 Å². The van der Waals surface area contributed by atoms with Crippen LogP contribution in [0, 0.1) is 6.92 Å². The second-order valence-electron chi connectivity index (χ2n) is 7.62. The summed E-state index contributed by atoms with van der Waals surface area (Å²) in [4.78, 5) is 14.5. The maximum atomic E-state index is 12.5. The van der Waals surface area contributed by atoms with E-state index in [0.29, 0.717) is 11.7 Å². The Morgan fingerprint density at radius 3 is 2.59 bits per heavy atom. The van der Waals surface area contributed by atoms with Crippen LogP contribution in [0.1, 0.15) is 11.3 Å². The summed E-state index contributed by atoms with van der Waals surface area (Å²) in [5, 5.41) is 12.4. The van der Waals surface area contributed by atoms with E-state index in [1.807, 2.05) is 85.1 Å². The fraction of sp³-hybridized carbons (Fsp3) is 0.208. The van der Waals surface area contributed by atoms with Crippen LogP contribution >= 0.6 is 11.8 Å². The van der Waals surface area contributed by atoms with Crippen molar-refractivity contribution in [3.63, 3.8) is 0 Å². The lowest BCUT2D eigenvalue weighted by atomic mass is 10.1. The number of benzene rings is 2. The Balaban J connectivity index is 1.49. The predicted octanol–water partition coefficient (Wildman–Crippen LogP) is 4.69. The average Bonchev–Trinajstić information content (AvgIpc) is 3.43. The third-order valence-corrected chi connectivity index (χ3v) is 5.85. The highest BCUT2D eigenvalue weighted by atomic mass is 32.2. The van der Waals surface area contributed by atoms with E-state index in [-0.39, 0.29) is 11.7 Å². The maximum Gasteiger partial charge on any atom is 0.234 e. The molecule has 4 aromatic rings. The van der Waals surface area contributed by atoms with E-state index in [9.17, 15) is 4.79 Å². The van der Waals surface area contributed by atoms with Gasteiger partial charge in [0.15, 0.2) is 11.0 Å². The quantitative estimate of drug-likeness (QED) is 0.395. The smallest absolute Gasteiger partial charge is 0.234 e. The van der Waals surface area contributed by atoms with E-state index < -0.39 is 0 Å². The highest BCUT2D eigenvalue weighted by molar-refractivity contribution is 7.99. The lowest BCUT2D eigenvalue weighted by Gasteiger charge is -2.13. The molecule has 0 spiro atoms. The van der Waals surface area contributed by atoms with Crippen molar-refractivity contribution in [3.8, 4) is 11.4 Å². The molecular weight excluding hydrogens is 422 g/mol. The van der Waals surface area contributed by atoms with E-state index in [4.69, 9.17) is 4.42 Å². The molecule has 0 fully saturated rings. The number of rotatable bonds is 8. The van der Waals surface area contributed by atoms with Crippen LogP contribution in [-0.2, 0) is 11.3 Å². The number of amides is 1. The number of nitrogens with zero attached hydrogens (tertiary/aromatic N) is 4. The second-order valence-corrected chi connectivity index (χ2v) is 8.56. The summed E-state index contributed by atoms with van der Waals surface area (Å²) in [6, 6.07) is 19.6. The Hall–Kier alpha value is -3.52. The summed E-state index contributed by atoms with van der Waals surface area (Å²) >= 11 is 1.35. The Bertz CT molecular complexity index is 1180. The molecule has 164 valence electrons. The van der Waals surface area contributed by atoms with Crippen molar-refractivity contribution < 1.29 is 9.21 Å². The average molecular weight is 448 g/mol. The molecule has 7 nitrogen and oxygen atoms in total. The zero-order valence-corrected chi connectivity index (χ0v) is 19.1. The topological polar surface area (TPSA) is 76.2 Å². The number of hydrogen-bond acceptors (Lipinski definition) is 6. The van der Waals surface area contributed by atoms with Gasteiger partial charge in [-0.15, -0.1) is 10.2 Å². The van der Waals surface area contributed by atoms with Gasteiger partial charge < -0.3 is 14.6 Å². The number of aryl methyl sites for hydroxylation is 1. The first-order chi connectivity index (χ1) is 15.5. The second kappa shape index (κ2) is 9.74. The van der Waals surface area contributed by atoms with Gasteiger partial charge in [0.2, 0.25) is 5.91 Å². The highest BCUT2D eigenvalue weighted by Crippen LogP contribution is 2.26. The van der Waals surface area contributed by atoms with Crippen LogP contribution in [0.15, 0.2) is 76.5 Å². The van der Waals surface area contributed by atoms with Gasteiger partial charge in [0, 0.05) is 31.0 Å². The van der Waals surface area contributed by atoms with Gasteiger partial charge in [-0.1, -0.05) is 35.5 Å². The molecular formula is C24H25N5O2S. The summed E-state index contributed by atoms with van der Waals surface area (Å²) < 4.78 is 7.52. The van der Waals surface area contributed by atoms with E-state index >= 15 is 0 Å². The molecule has 0 aliphatic rings. The molecule has 0 unspecified atom stereocenters. The molecule has 0 saturated heterocycles. The van der Waals surface area contributed by atoms with E-state index in [1.54, 1.807) is 6.26 Å². The first-order valence-electron chi connectivity index (χ1n) is 10.2. The van der Waals surface area contributed by atoms with E-state index in [2.05, 4.69) is 21.6 Å². The highest BCUT2D eigenvalue weighted by Gasteiger charge is 2.17. The Morgan fingerprint density at radius 2 is 1.91 bits per heavy atom. The third-order valence-electron chi connectivity index (χ3n) is 4.89. The van der Waals surface area contributed by atoms with Gasteiger partial charge in [0.05, 0.1) is 18.6 Å². The molecule has 0 bridgehead atoms. The molecule has 0 aliphatic heterocycles. The minimum absolute atomic E-state index is 0.0998. The Labute approximate surface area is 191 Å². The normalized spacial score (nSPS) is 10.8. The largest absolute Gasteiger partial charge is 0.467 e. The summed E-state index contributed by atoms with van der Waals surface area (Å²) in [6.07, 6.45) is 1.65. The Kier molecular flexibility index (Phi) is 6.61. The molecule has 2 aromatic carbocycles. The lowest BCUT2D eigenvalue weighted by Crippen LogP contribution is -2.15. The summed E-state index contributed by atoms with van der Waals surface area (Å²) in [6.45, 7) is 2.53. The number of thioether (sulfide) groups is 1. The first-order valence-corrected chi connectivity index (χ1v) is 11.2. The predicted molar refractivity (Wildman–Crippen MR) is 128 cm³/mol. The molecule has 2 aromatic heterocycles. The number of hydrogen-bond donors (Lipinski definition) is 1. The molecule has 4 rings (SSSR count). The van der Waals surface area contributed by atoms with Crippen LogP contribution in [0.2, 0.25) is 0 Å². The van der Waals surface area contributed by atoms with Crippen molar-refractivity contribution in [2.75, 3.05) is 30.1 Å². The van der Waals surface area contributed by atoms with Crippen molar-refractivity contribution in [2.24, 2.45) is 0 Å². The summed E-state index contributed by atoms with van der Waals surface area (Å²) in [7, 11) is 3.96. The van der Waals surface area contributed by atoms with Crippen LogP contribution in [0.4, 0.5) is 11.4 Å². The zero-order chi connectivity index (χ0) is 22.5. The lowest BCUT2D eigenvalue weighted by molar-refractivity contribution is -0.113. The minimum Gasteiger partial charge on any atom is -0.467 e. The maximum absolute atomic E-state index is 12.5. The Morgan fingerprint density at radius 1 is 1.09 bits per heavy atom. The SMILES string of the molecule is Cc1cccc(-c2nnc(SCC(=O)Nc3ccc(N(C)C)cc3)n2Cc2ccco2)c1. The molecule has 1 amide bonds. The van der Waals surface area contributed by atoms with Crippen LogP contribution in [0.3, 0.4) is 0 Å². The van der Waals surface area contributed by atoms with E-state index in [1.165, 1.54) is 11.8 Å². The van der Waals surface area contributed by atoms with Crippen molar-refractivity contribution in [2.45, 2.75) is 18.6 Å². The molecule has 2 heterocycles. The van der Waals surface area contributed by atoms with Gasteiger partial charge in [-0.25, -0.2) is 0 Å². The fourth-order valence-electron chi connectivity index (χ4n) is 3.26. The van der Waals surface area contributed by atoms with E-state index in [0.717, 1.165) is 34.1 Å². The standard InChI is InChI=1S/C24H25N5O2S/c1-17-6-4-7-18(14-17)23-26-27-24(29(23)15-21-8-5-13-31-21)32-16-22(30)25-19-9-11-20(12-10-19)28(2)3/h4-14H,15-16H2,1-3H3,(H,25,30). The molecule has 8 heteroatoms. The zero-order valence-electron chi connectivity index (χ0n) is 18.3. The number of anilines is 2. The van der Waals surface area contributed by atoms with Crippen LogP contribution in [-0.4, -0.2) is 40.5 Å². The summed E-state index contributed by atoms with van der Waals surface area (Å²) in [5.41, 5.74) is 3.95. The van der Waals surface area contributed by atoms with Crippen LogP contribution in [0.5, 0.6) is 0 Å². The molecule has 1 N–H and O–H groups in total. The van der Waals surface area contributed by atoms with Crippen LogP contribution in [0.25, 0.3) is 11.4 Å². The van der Waals surface area contributed by atoms with Gasteiger partial charge in [-0.2, -0.15) is 0 Å². The van der Waals surface area contributed by atoms with Crippen molar-refractivity contribution in [1.29, 1.82) is 0 Å².